The average Bonchev–Trinajstić information content (AvgIpc) is 2.90. The molecule has 2 aromatic carbocycles. The van der Waals surface area contributed by atoms with E-state index in [9.17, 15) is 10.1 Å². The maximum Gasteiger partial charge on any atom is 0.272 e. The van der Waals surface area contributed by atoms with Gasteiger partial charge in [0.25, 0.3) is 5.69 Å². The van der Waals surface area contributed by atoms with Crippen LogP contribution >= 0.6 is 23.2 Å². The number of ether oxygens (including phenoxy) is 1. The minimum Gasteiger partial charge on any atom is -0.454 e. The average molecular weight is 379 g/mol. The van der Waals surface area contributed by atoms with E-state index in [0.29, 0.717) is 5.75 Å². The molecule has 4 rings (SSSR count). The van der Waals surface area contributed by atoms with Crippen LogP contribution in [-0.2, 0) is 5.41 Å². The smallest absolute Gasteiger partial charge is 0.272 e. The number of rotatable bonds is 3. The molecular formula is C18H16Cl2N2O3. The first-order chi connectivity index (χ1) is 11.9. The summed E-state index contributed by atoms with van der Waals surface area (Å²) < 4.78 is 5.93. The third-order valence-corrected chi connectivity index (χ3v) is 5.77. The quantitative estimate of drug-likeness (QED) is 0.537. The van der Waals surface area contributed by atoms with Crippen molar-refractivity contribution in [2.75, 3.05) is 11.9 Å². The lowest BCUT2D eigenvalue weighted by Crippen LogP contribution is -2.35. The van der Waals surface area contributed by atoms with Crippen molar-refractivity contribution in [1.29, 1.82) is 0 Å². The molecule has 0 saturated heterocycles. The van der Waals surface area contributed by atoms with Crippen LogP contribution in [0.4, 0.5) is 11.4 Å². The van der Waals surface area contributed by atoms with E-state index in [1.807, 2.05) is 19.1 Å². The van der Waals surface area contributed by atoms with Crippen LogP contribution in [0.15, 0.2) is 24.3 Å². The predicted octanol–water partition coefficient (Wildman–Crippen LogP) is 5.85. The minimum atomic E-state index is -0.535. The zero-order valence-electron chi connectivity index (χ0n) is 13.6. The summed E-state index contributed by atoms with van der Waals surface area (Å²) in [5.74, 6) is 0.880. The summed E-state index contributed by atoms with van der Waals surface area (Å²) in [4.78, 5) is 10.4. The lowest BCUT2D eigenvalue weighted by molar-refractivity contribution is -0.384. The highest BCUT2D eigenvalue weighted by Crippen LogP contribution is 2.52. The molecule has 0 radical (unpaired) electrons. The Kier molecular flexibility index (Phi) is 3.81. The summed E-state index contributed by atoms with van der Waals surface area (Å²) in [6.07, 6.45) is 3.59. The van der Waals surface area contributed by atoms with Crippen LogP contribution in [0.1, 0.15) is 30.4 Å². The summed E-state index contributed by atoms with van der Waals surface area (Å²) >= 11 is 12.3. The number of nitrogens with one attached hydrogen (secondary N) is 1. The summed E-state index contributed by atoms with van der Waals surface area (Å²) in [5.41, 5.74) is 3.62. The molecule has 0 amide bonds. The molecule has 1 N–H and O–H groups in total. The zero-order valence-corrected chi connectivity index (χ0v) is 15.1. The first-order valence-corrected chi connectivity index (χ1v) is 8.85. The van der Waals surface area contributed by atoms with E-state index in [1.54, 1.807) is 0 Å². The number of hydrogen-bond donors (Lipinski definition) is 1. The number of nitro groups is 1. The standard InChI is InChI=1S/C18H16Cl2N2O3/c1-10-5-12(8-13-16(10)21-9-18(13)3-2-4-18)25-17-14(19)6-11(22(23)24)7-15(17)20/h5-8,21H,2-4,9H2,1H3. The molecule has 2 aromatic rings. The number of nitrogens with zero attached hydrogens (tertiary/aromatic N) is 1. The molecule has 1 saturated carbocycles. The Morgan fingerprint density at radius 3 is 2.44 bits per heavy atom. The highest BCUT2D eigenvalue weighted by Gasteiger charge is 2.44. The molecule has 0 bridgehead atoms. The normalized spacial score (nSPS) is 16.9. The van der Waals surface area contributed by atoms with E-state index in [2.05, 4.69) is 5.32 Å². The van der Waals surface area contributed by atoms with Gasteiger partial charge in [0.15, 0.2) is 5.75 Å². The van der Waals surface area contributed by atoms with Gasteiger partial charge in [0.2, 0.25) is 0 Å². The molecule has 25 heavy (non-hydrogen) atoms. The van der Waals surface area contributed by atoms with Gasteiger partial charge in [0.05, 0.1) is 15.0 Å². The van der Waals surface area contributed by atoms with Crippen molar-refractivity contribution in [2.45, 2.75) is 31.6 Å². The SMILES string of the molecule is Cc1cc(Oc2c(Cl)cc([N+](=O)[O-])cc2Cl)cc2c1NCC21CCC1. The van der Waals surface area contributed by atoms with Gasteiger partial charge in [-0.2, -0.15) is 0 Å². The Morgan fingerprint density at radius 2 is 1.88 bits per heavy atom. The molecule has 130 valence electrons. The van der Waals surface area contributed by atoms with Gasteiger partial charge in [0.1, 0.15) is 5.75 Å². The fraction of sp³-hybridized carbons (Fsp3) is 0.333. The largest absolute Gasteiger partial charge is 0.454 e. The first-order valence-electron chi connectivity index (χ1n) is 8.10. The fourth-order valence-corrected chi connectivity index (χ4v) is 4.29. The van der Waals surface area contributed by atoms with Crippen molar-refractivity contribution in [2.24, 2.45) is 0 Å². The van der Waals surface area contributed by atoms with Crippen LogP contribution in [0.25, 0.3) is 0 Å². The molecule has 1 aliphatic carbocycles. The van der Waals surface area contributed by atoms with Crippen molar-refractivity contribution in [1.82, 2.24) is 0 Å². The maximum atomic E-state index is 10.9. The molecular weight excluding hydrogens is 363 g/mol. The van der Waals surface area contributed by atoms with E-state index >= 15 is 0 Å². The highest BCUT2D eigenvalue weighted by molar-refractivity contribution is 6.37. The molecule has 0 unspecified atom stereocenters. The Labute approximate surface area is 155 Å². The van der Waals surface area contributed by atoms with Crippen molar-refractivity contribution >= 4 is 34.6 Å². The second-order valence-electron chi connectivity index (χ2n) is 6.75. The summed E-state index contributed by atoms with van der Waals surface area (Å²) in [6.45, 7) is 3.00. The van der Waals surface area contributed by atoms with Gasteiger partial charge in [-0.1, -0.05) is 29.6 Å². The fourth-order valence-electron chi connectivity index (χ4n) is 3.74. The van der Waals surface area contributed by atoms with Gasteiger partial charge in [0, 0.05) is 29.8 Å². The van der Waals surface area contributed by atoms with Crippen molar-refractivity contribution < 1.29 is 9.66 Å². The van der Waals surface area contributed by atoms with Crippen LogP contribution in [-0.4, -0.2) is 11.5 Å². The molecule has 1 heterocycles. The van der Waals surface area contributed by atoms with Gasteiger partial charge in [-0.05, 0) is 43.0 Å². The minimum absolute atomic E-state index is 0.119. The number of non-ortho nitro benzene ring substituents is 1. The maximum absolute atomic E-state index is 10.9. The molecule has 0 atom stereocenters. The Bertz CT molecular complexity index is 871. The van der Waals surface area contributed by atoms with Crippen molar-refractivity contribution in [3.8, 4) is 11.5 Å². The molecule has 1 spiro atoms. The van der Waals surface area contributed by atoms with Gasteiger partial charge < -0.3 is 10.1 Å². The number of halogens is 2. The molecule has 1 aliphatic heterocycles. The lowest BCUT2D eigenvalue weighted by atomic mass is 9.65. The molecule has 1 fully saturated rings. The molecule has 5 nitrogen and oxygen atoms in total. The summed E-state index contributed by atoms with van der Waals surface area (Å²) in [5, 5.41) is 14.6. The van der Waals surface area contributed by atoms with E-state index in [-0.39, 0.29) is 26.9 Å². The van der Waals surface area contributed by atoms with Gasteiger partial charge in [-0.15, -0.1) is 0 Å². The van der Waals surface area contributed by atoms with Crippen LogP contribution in [0.3, 0.4) is 0 Å². The van der Waals surface area contributed by atoms with Gasteiger partial charge in [-0.25, -0.2) is 0 Å². The number of nitro benzene ring substituents is 1. The predicted molar refractivity (Wildman–Crippen MR) is 98.4 cm³/mol. The Balaban J connectivity index is 1.72. The van der Waals surface area contributed by atoms with Gasteiger partial charge in [-0.3, -0.25) is 10.1 Å². The van der Waals surface area contributed by atoms with Crippen LogP contribution < -0.4 is 10.1 Å². The van der Waals surface area contributed by atoms with Crippen molar-refractivity contribution in [3.63, 3.8) is 0 Å². The summed E-state index contributed by atoms with van der Waals surface area (Å²) in [6, 6.07) is 6.46. The second kappa shape index (κ2) is 5.78. The number of benzene rings is 2. The third-order valence-electron chi connectivity index (χ3n) is 5.21. The number of fused-ring (bicyclic) bond motifs is 2. The van der Waals surface area contributed by atoms with E-state index < -0.39 is 4.92 Å². The molecule has 0 aromatic heterocycles. The van der Waals surface area contributed by atoms with E-state index in [0.717, 1.165) is 12.1 Å². The Hall–Kier alpha value is -1.98. The van der Waals surface area contributed by atoms with Crippen molar-refractivity contribution in [3.05, 3.63) is 55.6 Å². The molecule has 7 heteroatoms. The first kappa shape index (κ1) is 16.5. The number of hydrogen-bond acceptors (Lipinski definition) is 4. The summed E-state index contributed by atoms with van der Waals surface area (Å²) in [7, 11) is 0. The topological polar surface area (TPSA) is 64.4 Å². The lowest BCUT2D eigenvalue weighted by Gasteiger charge is -2.38. The second-order valence-corrected chi connectivity index (χ2v) is 7.56. The van der Waals surface area contributed by atoms with Crippen LogP contribution in [0.2, 0.25) is 10.0 Å². The van der Waals surface area contributed by atoms with Crippen LogP contribution in [0.5, 0.6) is 11.5 Å². The monoisotopic (exact) mass is 378 g/mol. The van der Waals surface area contributed by atoms with Crippen LogP contribution in [0, 0.1) is 17.0 Å². The third kappa shape index (κ3) is 2.62. The highest BCUT2D eigenvalue weighted by atomic mass is 35.5. The zero-order chi connectivity index (χ0) is 17.8. The number of anilines is 1. The van der Waals surface area contributed by atoms with Gasteiger partial charge >= 0.3 is 0 Å². The number of aryl methyl sites for hydroxylation is 1. The van der Waals surface area contributed by atoms with E-state index in [1.165, 1.54) is 42.6 Å². The Morgan fingerprint density at radius 1 is 1.20 bits per heavy atom. The van der Waals surface area contributed by atoms with E-state index in [4.69, 9.17) is 27.9 Å². The molecule has 2 aliphatic rings.